The highest BCUT2D eigenvalue weighted by Gasteiger charge is 2.39. The highest BCUT2D eigenvalue weighted by Crippen LogP contribution is 2.25. The molecule has 104 valence electrons. The van der Waals surface area contributed by atoms with Crippen LogP contribution in [0.3, 0.4) is 0 Å². The van der Waals surface area contributed by atoms with Crippen LogP contribution in [0, 0.1) is 0 Å². The Balaban J connectivity index is 2.20. The molecule has 1 aliphatic heterocycles. The van der Waals surface area contributed by atoms with Gasteiger partial charge >= 0.3 is 0 Å². The zero-order chi connectivity index (χ0) is 14.3. The van der Waals surface area contributed by atoms with Crippen LogP contribution in [-0.4, -0.2) is 31.4 Å². The first kappa shape index (κ1) is 14.9. The number of carbonyl (C=O) groups is 1. The Morgan fingerprint density at radius 1 is 1.47 bits per heavy atom. The predicted octanol–water partition coefficient (Wildman–Crippen LogP) is 2.04. The van der Waals surface area contributed by atoms with Gasteiger partial charge in [0.25, 0.3) is 5.91 Å². The monoisotopic (exact) mass is 363 g/mol. The maximum Gasteiger partial charge on any atom is 0.252 e. The summed E-state index contributed by atoms with van der Waals surface area (Å²) in [6.45, 7) is 1.76. The highest BCUT2D eigenvalue weighted by molar-refractivity contribution is 9.10. The largest absolute Gasteiger partial charge is 0.346 e. The topological polar surface area (TPSA) is 63.2 Å². The minimum atomic E-state index is -3.04. The summed E-state index contributed by atoms with van der Waals surface area (Å²) < 4.78 is 23.7. The number of hydrogen-bond donors (Lipinski definition) is 2. The molecule has 1 atom stereocenters. The Bertz CT molecular complexity index is 630. The van der Waals surface area contributed by atoms with Gasteiger partial charge in [-0.05, 0) is 47.5 Å². The molecule has 0 aliphatic carbocycles. The van der Waals surface area contributed by atoms with Gasteiger partial charge < -0.3 is 5.32 Å². The lowest BCUT2D eigenvalue weighted by Crippen LogP contribution is -2.47. The van der Waals surface area contributed by atoms with E-state index in [1.807, 2.05) is 0 Å². The average Bonchev–Trinajstić information content (AvgIpc) is 2.56. The van der Waals surface area contributed by atoms with Crippen molar-refractivity contribution in [3.63, 3.8) is 0 Å². The van der Waals surface area contributed by atoms with Crippen molar-refractivity contribution in [1.82, 2.24) is 5.32 Å². The standard InChI is InChI=1S/C12H14BrNO3S2/c1-12(4-5-19(16,17)7-12)14-11(15)9-6-8(18)2-3-10(9)13/h2-3,6,18H,4-5,7H2,1H3,(H,14,15). The van der Waals surface area contributed by atoms with Crippen molar-refractivity contribution < 1.29 is 13.2 Å². The van der Waals surface area contributed by atoms with Crippen molar-refractivity contribution in [1.29, 1.82) is 0 Å². The predicted molar refractivity (Wildman–Crippen MR) is 80.5 cm³/mol. The lowest BCUT2D eigenvalue weighted by molar-refractivity contribution is 0.0914. The van der Waals surface area contributed by atoms with Gasteiger partial charge in [0.05, 0.1) is 22.6 Å². The molecule has 1 unspecified atom stereocenters. The molecule has 4 nitrogen and oxygen atoms in total. The number of nitrogens with one attached hydrogen (secondary N) is 1. The maximum absolute atomic E-state index is 12.2. The molecule has 1 aliphatic rings. The lowest BCUT2D eigenvalue weighted by Gasteiger charge is -2.24. The number of halogens is 1. The molecule has 0 saturated carbocycles. The van der Waals surface area contributed by atoms with Crippen molar-refractivity contribution in [3.05, 3.63) is 28.2 Å². The number of benzene rings is 1. The van der Waals surface area contributed by atoms with Crippen LogP contribution >= 0.6 is 28.6 Å². The van der Waals surface area contributed by atoms with Gasteiger partial charge in [-0.3, -0.25) is 4.79 Å². The zero-order valence-corrected chi connectivity index (χ0v) is 13.6. The van der Waals surface area contributed by atoms with Gasteiger partial charge in [-0.25, -0.2) is 8.42 Å². The Labute approximate surface area is 126 Å². The SMILES string of the molecule is CC1(NC(=O)c2cc(S)ccc2Br)CCS(=O)(=O)C1. The van der Waals surface area contributed by atoms with Crippen LogP contribution in [0.15, 0.2) is 27.6 Å². The van der Waals surface area contributed by atoms with E-state index < -0.39 is 15.4 Å². The summed E-state index contributed by atoms with van der Waals surface area (Å²) >= 11 is 7.50. The molecule has 0 spiro atoms. The summed E-state index contributed by atoms with van der Waals surface area (Å²) in [5.74, 6) is -0.177. The van der Waals surface area contributed by atoms with Crippen LogP contribution in [0.25, 0.3) is 0 Å². The quantitative estimate of drug-likeness (QED) is 0.790. The molecule has 2 rings (SSSR count). The third kappa shape index (κ3) is 3.52. The van der Waals surface area contributed by atoms with E-state index in [2.05, 4.69) is 33.9 Å². The van der Waals surface area contributed by atoms with Crippen LogP contribution in [0.2, 0.25) is 0 Å². The molecule has 0 radical (unpaired) electrons. The summed E-state index contributed by atoms with van der Waals surface area (Å²) in [6.07, 6.45) is 0.444. The van der Waals surface area contributed by atoms with E-state index in [0.29, 0.717) is 21.4 Å². The molecule has 0 aromatic heterocycles. The smallest absolute Gasteiger partial charge is 0.252 e. The van der Waals surface area contributed by atoms with Crippen LogP contribution in [0.5, 0.6) is 0 Å². The van der Waals surface area contributed by atoms with Gasteiger partial charge in [-0.15, -0.1) is 12.6 Å². The molecule has 1 heterocycles. The maximum atomic E-state index is 12.2. The molecule has 1 N–H and O–H groups in total. The Morgan fingerprint density at radius 3 is 2.74 bits per heavy atom. The van der Waals surface area contributed by atoms with Crippen LogP contribution < -0.4 is 5.32 Å². The van der Waals surface area contributed by atoms with E-state index in [4.69, 9.17) is 0 Å². The van der Waals surface area contributed by atoms with Gasteiger partial charge in [0.1, 0.15) is 0 Å². The second kappa shape index (κ2) is 5.10. The van der Waals surface area contributed by atoms with E-state index in [0.717, 1.165) is 0 Å². The van der Waals surface area contributed by atoms with Crippen LogP contribution in [0.4, 0.5) is 0 Å². The highest BCUT2D eigenvalue weighted by atomic mass is 79.9. The lowest BCUT2D eigenvalue weighted by atomic mass is 10.0. The molecular weight excluding hydrogens is 350 g/mol. The summed E-state index contributed by atoms with van der Waals surface area (Å²) in [7, 11) is -3.04. The van der Waals surface area contributed by atoms with Gasteiger partial charge in [-0.1, -0.05) is 0 Å². The van der Waals surface area contributed by atoms with Crippen molar-refractivity contribution in [3.8, 4) is 0 Å². The van der Waals surface area contributed by atoms with Crippen molar-refractivity contribution in [2.24, 2.45) is 0 Å². The third-order valence-electron chi connectivity index (χ3n) is 3.11. The molecule has 7 heteroatoms. The second-order valence-corrected chi connectivity index (χ2v) is 8.58. The van der Waals surface area contributed by atoms with Gasteiger partial charge in [-0.2, -0.15) is 0 Å². The van der Waals surface area contributed by atoms with Crippen molar-refractivity contribution >= 4 is 44.3 Å². The third-order valence-corrected chi connectivity index (χ3v) is 5.99. The molecule has 1 fully saturated rings. The Hall–Kier alpha value is -0.530. The average molecular weight is 364 g/mol. The summed E-state index contributed by atoms with van der Waals surface area (Å²) in [5, 5.41) is 2.81. The van der Waals surface area contributed by atoms with Gasteiger partial charge in [0.2, 0.25) is 0 Å². The number of amides is 1. The van der Waals surface area contributed by atoms with Gasteiger partial charge in [0.15, 0.2) is 9.84 Å². The number of sulfone groups is 1. The van der Waals surface area contributed by atoms with E-state index in [1.165, 1.54) is 0 Å². The van der Waals surface area contributed by atoms with Crippen molar-refractivity contribution in [2.75, 3.05) is 11.5 Å². The minimum absolute atomic E-state index is 0.01000. The van der Waals surface area contributed by atoms with E-state index in [1.54, 1.807) is 25.1 Å². The summed E-state index contributed by atoms with van der Waals surface area (Å²) in [6, 6.07) is 5.16. The minimum Gasteiger partial charge on any atom is -0.346 e. The van der Waals surface area contributed by atoms with Crippen molar-refractivity contribution in [2.45, 2.75) is 23.8 Å². The normalized spacial score (nSPS) is 25.2. The fourth-order valence-corrected chi connectivity index (χ4v) is 4.86. The molecule has 1 saturated heterocycles. The summed E-state index contributed by atoms with van der Waals surface area (Å²) in [4.78, 5) is 12.9. The fraction of sp³-hybridized carbons (Fsp3) is 0.417. The molecule has 0 bridgehead atoms. The van der Waals surface area contributed by atoms with E-state index >= 15 is 0 Å². The first-order chi connectivity index (χ1) is 8.71. The first-order valence-electron chi connectivity index (χ1n) is 5.72. The molecule has 19 heavy (non-hydrogen) atoms. The van der Waals surface area contributed by atoms with Gasteiger partial charge in [0, 0.05) is 9.37 Å². The van der Waals surface area contributed by atoms with Crippen LogP contribution in [-0.2, 0) is 9.84 Å². The first-order valence-corrected chi connectivity index (χ1v) is 8.78. The molecule has 1 aromatic carbocycles. The fourth-order valence-electron chi connectivity index (χ4n) is 2.14. The Kier molecular flexibility index (Phi) is 3.99. The number of carbonyl (C=O) groups excluding carboxylic acids is 1. The molecule has 1 amide bonds. The Morgan fingerprint density at radius 2 is 2.16 bits per heavy atom. The van der Waals surface area contributed by atoms with Crippen LogP contribution in [0.1, 0.15) is 23.7 Å². The molecular formula is C12H14BrNO3S2. The molecule has 1 aromatic rings. The number of hydrogen-bond acceptors (Lipinski definition) is 4. The summed E-state index contributed by atoms with van der Waals surface area (Å²) in [5.41, 5.74) is -0.236. The van der Waals surface area contributed by atoms with E-state index in [-0.39, 0.29) is 17.4 Å². The zero-order valence-electron chi connectivity index (χ0n) is 10.3. The van der Waals surface area contributed by atoms with E-state index in [9.17, 15) is 13.2 Å². The number of rotatable bonds is 2. The second-order valence-electron chi connectivity index (χ2n) is 5.02. The number of thiol groups is 1.